The Kier molecular flexibility index (Phi) is 3.81. The van der Waals surface area contributed by atoms with Gasteiger partial charge in [0.2, 0.25) is 11.7 Å². The number of hydrogen-bond donors (Lipinski definition) is 1. The Labute approximate surface area is 108 Å². The molecule has 98 valence electrons. The summed E-state index contributed by atoms with van der Waals surface area (Å²) < 4.78 is 9.90. The molecule has 0 aliphatic rings. The van der Waals surface area contributed by atoms with Gasteiger partial charge in [-0.2, -0.15) is 4.98 Å². The van der Waals surface area contributed by atoms with Crippen LogP contribution in [0.25, 0.3) is 0 Å². The number of anilines is 1. The Morgan fingerprint density at radius 3 is 2.53 bits per heavy atom. The number of ether oxygens (including phenoxy) is 2. The first-order valence-corrected chi connectivity index (χ1v) is 5.28. The van der Waals surface area contributed by atoms with E-state index in [4.69, 9.17) is 9.47 Å². The molecular weight excluding hydrogens is 250 g/mol. The molecule has 2 aromatic heterocycles. The lowest BCUT2D eigenvalue weighted by Gasteiger charge is -2.08. The van der Waals surface area contributed by atoms with E-state index < -0.39 is 5.91 Å². The predicted octanol–water partition coefficient (Wildman–Crippen LogP) is 0.536. The highest BCUT2D eigenvalue weighted by Crippen LogP contribution is 2.22. The van der Waals surface area contributed by atoms with E-state index in [9.17, 15) is 4.79 Å². The van der Waals surface area contributed by atoms with Gasteiger partial charge in [0.05, 0.1) is 20.4 Å². The van der Waals surface area contributed by atoms with Crippen LogP contribution in [0.5, 0.6) is 11.9 Å². The fourth-order valence-corrected chi connectivity index (χ4v) is 1.29. The number of rotatable bonds is 4. The molecule has 8 nitrogen and oxygen atoms in total. The van der Waals surface area contributed by atoms with Crippen LogP contribution in [0.3, 0.4) is 0 Å². The van der Waals surface area contributed by atoms with E-state index in [0.717, 1.165) is 0 Å². The van der Waals surface area contributed by atoms with Gasteiger partial charge in [-0.15, -0.1) is 0 Å². The molecule has 0 saturated carbocycles. The number of nitrogens with zero attached hydrogens (tertiary/aromatic N) is 4. The van der Waals surface area contributed by atoms with Crippen molar-refractivity contribution < 1.29 is 14.3 Å². The first kappa shape index (κ1) is 12.7. The van der Waals surface area contributed by atoms with Gasteiger partial charge in [0.15, 0.2) is 0 Å². The summed E-state index contributed by atoms with van der Waals surface area (Å²) in [6.07, 6.45) is 4.33. The van der Waals surface area contributed by atoms with Gasteiger partial charge in [-0.05, 0) is 6.07 Å². The zero-order valence-electron chi connectivity index (χ0n) is 10.3. The third-order valence-electron chi connectivity index (χ3n) is 2.12. The molecule has 19 heavy (non-hydrogen) atoms. The second-order valence-electron chi connectivity index (χ2n) is 3.31. The normalized spacial score (nSPS) is 9.79. The summed E-state index contributed by atoms with van der Waals surface area (Å²) in [5.74, 6) is -0.246. The molecule has 1 amide bonds. The molecule has 0 bridgehead atoms. The lowest BCUT2D eigenvalue weighted by atomic mass is 10.4. The third kappa shape index (κ3) is 2.92. The molecule has 0 radical (unpaired) electrons. The smallest absolute Gasteiger partial charge is 0.319 e. The highest BCUT2D eigenvalue weighted by molar-refractivity contribution is 6.02. The molecule has 0 atom stereocenters. The number of methoxy groups -OCH3 is 2. The van der Waals surface area contributed by atoms with Crippen molar-refractivity contribution in [1.82, 2.24) is 19.9 Å². The Balaban J connectivity index is 2.21. The van der Waals surface area contributed by atoms with Gasteiger partial charge in [-0.3, -0.25) is 4.79 Å². The van der Waals surface area contributed by atoms with Crippen LogP contribution in [0, 0.1) is 0 Å². The minimum absolute atomic E-state index is 0.0420. The molecular formula is C11H11N5O3. The Bertz CT molecular complexity index is 576. The Morgan fingerprint density at radius 2 is 1.89 bits per heavy atom. The lowest BCUT2D eigenvalue weighted by molar-refractivity contribution is 0.101. The zero-order chi connectivity index (χ0) is 13.7. The summed E-state index contributed by atoms with van der Waals surface area (Å²) in [5.41, 5.74) is 0.306. The van der Waals surface area contributed by atoms with Crippen molar-refractivity contribution in [3.8, 4) is 11.9 Å². The number of aromatic nitrogens is 4. The van der Waals surface area contributed by atoms with Crippen molar-refractivity contribution in [3.05, 3.63) is 30.5 Å². The summed E-state index contributed by atoms with van der Waals surface area (Å²) in [6, 6.07) is 1.76. The minimum Gasteiger partial charge on any atom is -0.479 e. The first-order valence-electron chi connectivity index (χ1n) is 5.28. The summed E-state index contributed by atoms with van der Waals surface area (Å²) in [4.78, 5) is 27.4. The topological polar surface area (TPSA) is 99.1 Å². The van der Waals surface area contributed by atoms with Crippen molar-refractivity contribution in [3.63, 3.8) is 0 Å². The molecule has 0 saturated heterocycles. The molecule has 0 fully saturated rings. The van der Waals surface area contributed by atoms with E-state index in [-0.39, 0.29) is 17.7 Å². The average Bonchev–Trinajstić information content (AvgIpc) is 2.48. The van der Waals surface area contributed by atoms with E-state index >= 15 is 0 Å². The van der Waals surface area contributed by atoms with E-state index in [1.54, 1.807) is 6.07 Å². The molecule has 0 aliphatic heterocycles. The molecule has 2 aromatic rings. The molecule has 2 heterocycles. The van der Waals surface area contributed by atoms with Gasteiger partial charge in [0.25, 0.3) is 5.91 Å². The molecule has 0 spiro atoms. The van der Waals surface area contributed by atoms with Crippen LogP contribution in [0.4, 0.5) is 5.69 Å². The van der Waals surface area contributed by atoms with E-state index in [1.165, 1.54) is 32.8 Å². The van der Waals surface area contributed by atoms with Crippen LogP contribution in [-0.2, 0) is 0 Å². The van der Waals surface area contributed by atoms with Crippen molar-refractivity contribution >= 4 is 11.6 Å². The SMILES string of the molecule is COc1ncc(NC(=O)c2ncccn2)c(OC)n1. The number of hydrogen-bond acceptors (Lipinski definition) is 7. The highest BCUT2D eigenvalue weighted by atomic mass is 16.5. The number of carbonyl (C=O) groups is 1. The van der Waals surface area contributed by atoms with E-state index in [2.05, 4.69) is 25.3 Å². The fraction of sp³-hybridized carbons (Fsp3) is 0.182. The van der Waals surface area contributed by atoms with Crippen LogP contribution >= 0.6 is 0 Å². The quantitative estimate of drug-likeness (QED) is 0.857. The van der Waals surface area contributed by atoms with Crippen molar-refractivity contribution in [2.45, 2.75) is 0 Å². The second kappa shape index (κ2) is 5.71. The number of nitrogens with one attached hydrogen (secondary N) is 1. The lowest BCUT2D eigenvalue weighted by Crippen LogP contribution is -2.16. The predicted molar refractivity (Wildman–Crippen MR) is 65.1 cm³/mol. The minimum atomic E-state index is -0.479. The van der Waals surface area contributed by atoms with Gasteiger partial charge in [0, 0.05) is 12.4 Å². The fourth-order valence-electron chi connectivity index (χ4n) is 1.29. The van der Waals surface area contributed by atoms with Gasteiger partial charge in [0.1, 0.15) is 5.69 Å². The summed E-state index contributed by atoms with van der Waals surface area (Å²) in [6.45, 7) is 0. The van der Waals surface area contributed by atoms with Crippen LogP contribution in [-0.4, -0.2) is 40.1 Å². The molecule has 0 aromatic carbocycles. The maximum absolute atomic E-state index is 11.9. The largest absolute Gasteiger partial charge is 0.479 e. The van der Waals surface area contributed by atoms with Crippen molar-refractivity contribution in [1.29, 1.82) is 0 Å². The molecule has 8 heteroatoms. The third-order valence-corrected chi connectivity index (χ3v) is 2.12. The summed E-state index contributed by atoms with van der Waals surface area (Å²) in [7, 11) is 2.86. The molecule has 0 aliphatic carbocycles. The van der Waals surface area contributed by atoms with Crippen molar-refractivity contribution in [2.24, 2.45) is 0 Å². The standard InChI is InChI=1S/C11H11N5O3/c1-18-10-7(6-14-11(16-10)19-2)15-9(17)8-12-4-3-5-13-8/h3-6H,1-2H3,(H,15,17). The van der Waals surface area contributed by atoms with Crippen LogP contribution in [0.2, 0.25) is 0 Å². The Hall–Kier alpha value is -2.77. The monoisotopic (exact) mass is 261 g/mol. The summed E-state index contributed by atoms with van der Waals surface area (Å²) >= 11 is 0. The maximum Gasteiger partial charge on any atom is 0.319 e. The van der Waals surface area contributed by atoms with Crippen LogP contribution < -0.4 is 14.8 Å². The highest BCUT2D eigenvalue weighted by Gasteiger charge is 2.14. The second-order valence-corrected chi connectivity index (χ2v) is 3.31. The summed E-state index contributed by atoms with van der Waals surface area (Å²) in [5, 5.41) is 2.56. The molecule has 1 N–H and O–H groups in total. The molecule has 2 rings (SSSR count). The van der Waals surface area contributed by atoms with Gasteiger partial charge in [-0.25, -0.2) is 15.0 Å². The van der Waals surface area contributed by atoms with Gasteiger partial charge < -0.3 is 14.8 Å². The zero-order valence-corrected chi connectivity index (χ0v) is 10.3. The van der Waals surface area contributed by atoms with Crippen LogP contribution in [0.1, 0.15) is 10.6 Å². The maximum atomic E-state index is 11.9. The molecule has 0 unspecified atom stereocenters. The number of amides is 1. The van der Waals surface area contributed by atoms with Gasteiger partial charge >= 0.3 is 6.01 Å². The first-order chi connectivity index (χ1) is 9.24. The van der Waals surface area contributed by atoms with Crippen molar-refractivity contribution in [2.75, 3.05) is 19.5 Å². The van der Waals surface area contributed by atoms with Crippen LogP contribution in [0.15, 0.2) is 24.7 Å². The van der Waals surface area contributed by atoms with E-state index in [0.29, 0.717) is 5.69 Å². The Morgan fingerprint density at radius 1 is 1.16 bits per heavy atom. The van der Waals surface area contributed by atoms with E-state index in [1.807, 2.05) is 0 Å². The average molecular weight is 261 g/mol. The number of carbonyl (C=O) groups excluding carboxylic acids is 1. The van der Waals surface area contributed by atoms with Gasteiger partial charge in [-0.1, -0.05) is 0 Å².